The molecule has 2 nitrogen and oxygen atoms in total. The van der Waals surface area contributed by atoms with Crippen LogP contribution in [0.2, 0.25) is 0 Å². The van der Waals surface area contributed by atoms with Crippen LogP contribution in [0, 0.1) is 0 Å². The van der Waals surface area contributed by atoms with E-state index in [0.717, 1.165) is 13.0 Å². The van der Waals surface area contributed by atoms with Crippen LogP contribution in [0.25, 0.3) is 0 Å². The smallest absolute Gasteiger partial charge is 0.0584 e. The van der Waals surface area contributed by atoms with Crippen LogP contribution in [0.5, 0.6) is 0 Å². The van der Waals surface area contributed by atoms with Gasteiger partial charge in [0.15, 0.2) is 0 Å². The lowest BCUT2D eigenvalue weighted by Crippen LogP contribution is -2.32. The standard InChI is InChI=1S/C8H19NOS/c1-3-8(7-10)9-5-4-6-11-2/h8-10H,3-7H2,1-2H3. The summed E-state index contributed by atoms with van der Waals surface area (Å²) in [6.45, 7) is 3.37. The van der Waals surface area contributed by atoms with Crippen LogP contribution in [-0.2, 0) is 0 Å². The van der Waals surface area contributed by atoms with Gasteiger partial charge in [-0.05, 0) is 31.4 Å². The lowest BCUT2D eigenvalue weighted by atomic mass is 10.2. The molecule has 0 heterocycles. The quantitative estimate of drug-likeness (QED) is 0.571. The van der Waals surface area contributed by atoms with E-state index < -0.39 is 0 Å². The number of thioether (sulfide) groups is 1. The molecule has 0 aliphatic heterocycles. The third-order valence-electron chi connectivity index (χ3n) is 1.67. The molecule has 0 fully saturated rings. The summed E-state index contributed by atoms with van der Waals surface area (Å²) in [4.78, 5) is 0. The van der Waals surface area contributed by atoms with E-state index in [0.29, 0.717) is 6.04 Å². The highest BCUT2D eigenvalue weighted by Crippen LogP contribution is 1.95. The van der Waals surface area contributed by atoms with Gasteiger partial charge in [-0.25, -0.2) is 0 Å². The molecule has 0 rings (SSSR count). The Morgan fingerprint density at radius 2 is 2.27 bits per heavy atom. The molecule has 0 aliphatic carbocycles. The summed E-state index contributed by atoms with van der Waals surface area (Å²) < 4.78 is 0. The zero-order valence-corrected chi connectivity index (χ0v) is 8.28. The molecule has 0 aromatic rings. The molecule has 1 unspecified atom stereocenters. The van der Waals surface area contributed by atoms with E-state index in [1.165, 1.54) is 12.2 Å². The summed E-state index contributed by atoms with van der Waals surface area (Å²) in [6.07, 6.45) is 4.32. The van der Waals surface area contributed by atoms with E-state index >= 15 is 0 Å². The maximum absolute atomic E-state index is 8.81. The Morgan fingerprint density at radius 1 is 1.55 bits per heavy atom. The monoisotopic (exact) mass is 177 g/mol. The van der Waals surface area contributed by atoms with Crippen molar-refractivity contribution in [3.05, 3.63) is 0 Å². The van der Waals surface area contributed by atoms with Gasteiger partial charge in [-0.2, -0.15) is 11.8 Å². The Balaban J connectivity index is 3.07. The number of rotatable bonds is 7. The van der Waals surface area contributed by atoms with Gasteiger partial charge in [0.1, 0.15) is 0 Å². The van der Waals surface area contributed by atoms with Gasteiger partial charge < -0.3 is 10.4 Å². The SMILES string of the molecule is CCC(CO)NCCCSC. The van der Waals surface area contributed by atoms with Crippen LogP contribution in [0.15, 0.2) is 0 Å². The highest BCUT2D eigenvalue weighted by atomic mass is 32.2. The van der Waals surface area contributed by atoms with Crippen LogP contribution in [0.4, 0.5) is 0 Å². The molecule has 2 N–H and O–H groups in total. The number of hydrogen-bond acceptors (Lipinski definition) is 3. The Bertz CT molecular complexity index is 76.5. The molecule has 0 aliphatic rings. The third-order valence-corrected chi connectivity index (χ3v) is 2.37. The van der Waals surface area contributed by atoms with Crippen molar-refractivity contribution in [1.82, 2.24) is 5.32 Å². The molecular weight excluding hydrogens is 158 g/mol. The van der Waals surface area contributed by atoms with E-state index in [4.69, 9.17) is 5.11 Å². The molecule has 1 atom stereocenters. The lowest BCUT2D eigenvalue weighted by molar-refractivity contribution is 0.239. The van der Waals surface area contributed by atoms with Crippen LogP contribution in [0.1, 0.15) is 19.8 Å². The first kappa shape index (κ1) is 11.3. The van der Waals surface area contributed by atoms with Crippen molar-refractivity contribution in [2.75, 3.05) is 25.2 Å². The molecule has 0 aromatic carbocycles. The van der Waals surface area contributed by atoms with Gasteiger partial charge in [-0.3, -0.25) is 0 Å². The zero-order valence-electron chi connectivity index (χ0n) is 7.47. The number of nitrogens with one attached hydrogen (secondary N) is 1. The summed E-state index contributed by atoms with van der Waals surface area (Å²) in [5, 5.41) is 12.1. The van der Waals surface area contributed by atoms with Crippen molar-refractivity contribution in [3.63, 3.8) is 0 Å². The second-order valence-electron chi connectivity index (χ2n) is 2.59. The Kier molecular flexibility index (Phi) is 8.57. The average Bonchev–Trinajstić information content (AvgIpc) is 2.05. The van der Waals surface area contributed by atoms with Gasteiger partial charge >= 0.3 is 0 Å². The lowest BCUT2D eigenvalue weighted by Gasteiger charge is -2.12. The first-order chi connectivity index (χ1) is 5.35. The number of aliphatic hydroxyl groups is 1. The van der Waals surface area contributed by atoms with Crippen molar-refractivity contribution in [2.24, 2.45) is 0 Å². The van der Waals surface area contributed by atoms with Gasteiger partial charge in [0.2, 0.25) is 0 Å². The highest BCUT2D eigenvalue weighted by molar-refractivity contribution is 7.98. The van der Waals surface area contributed by atoms with Gasteiger partial charge in [0.25, 0.3) is 0 Å². The minimum Gasteiger partial charge on any atom is -0.395 e. The highest BCUT2D eigenvalue weighted by Gasteiger charge is 2.00. The van der Waals surface area contributed by atoms with Crippen molar-refractivity contribution < 1.29 is 5.11 Å². The van der Waals surface area contributed by atoms with Gasteiger partial charge in [0.05, 0.1) is 6.61 Å². The van der Waals surface area contributed by atoms with Crippen molar-refractivity contribution >= 4 is 11.8 Å². The molecule has 3 heteroatoms. The Labute approximate surface area is 73.8 Å². The van der Waals surface area contributed by atoms with Crippen molar-refractivity contribution in [1.29, 1.82) is 0 Å². The molecular formula is C8H19NOS. The minimum atomic E-state index is 0.260. The largest absolute Gasteiger partial charge is 0.395 e. The van der Waals surface area contributed by atoms with E-state index in [1.807, 2.05) is 11.8 Å². The van der Waals surface area contributed by atoms with Crippen LogP contribution in [0.3, 0.4) is 0 Å². The third kappa shape index (κ3) is 6.66. The summed E-state index contributed by atoms with van der Waals surface area (Å²) in [7, 11) is 0. The molecule has 0 bridgehead atoms. The second kappa shape index (κ2) is 8.37. The minimum absolute atomic E-state index is 0.260. The van der Waals surface area contributed by atoms with Gasteiger partial charge in [-0.15, -0.1) is 0 Å². The number of aliphatic hydroxyl groups excluding tert-OH is 1. The van der Waals surface area contributed by atoms with E-state index in [-0.39, 0.29) is 6.61 Å². The Morgan fingerprint density at radius 3 is 2.73 bits per heavy atom. The molecule has 0 saturated heterocycles. The van der Waals surface area contributed by atoms with Gasteiger partial charge in [-0.1, -0.05) is 6.92 Å². The summed E-state index contributed by atoms with van der Waals surface area (Å²) in [5.41, 5.74) is 0. The molecule has 0 spiro atoms. The topological polar surface area (TPSA) is 32.3 Å². The van der Waals surface area contributed by atoms with Crippen LogP contribution < -0.4 is 5.32 Å². The number of hydrogen-bond donors (Lipinski definition) is 2. The average molecular weight is 177 g/mol. The van der Waals surface area contributed by atoms with Crippen LogP contribution in [-0.4, -0.2) is 36.3 Å². The van der Waals surface area contributed by atoms with Crippen LogP contribution >= 0.6 is 11.8 Å². The molecule has 0 aromatic heterocycles. The van der Waals surface area contributed by atoms with E-state index in [1.54, 1.807) is 0 Å². The van der Waals surface area contributed by atoms with Gasteiger partial charge in [0, 0.05) is 6.04 Å². The fraction of sp³-hybridized carbons (Fsp3) is 1.00. The first-order valence-corrected chi connectivity index (χ1v) is 5.57. The summed E-state index contributed by atoms with van der Waals surface area (Å²) >= 11 is 1.87. The van der Waals surface area contributed by atoms with E-state index in [9.17, 15) is 0 Å². The molecule has 11 heavy (non-hydrogen) atoms. The predicted octanol–water partition coefficient (Wildman–Crippen LogP) is 1.10. The van der Waals surface area contributed by atoms with Crippen molar-refractivity contribution in [3.8, 4) is 0 Å². The molecule has 0 saturated carbocycles. The maximum atomic E-state index is 8.81. The normalized spacial score (nSPS) is 13.4. The molecule has 68 valence electrons. The van der Waals surface area contributed by atoms with Crippen molar-refractivity contribution in [2.45, 2.75) is 25.8 Å². The Hall–Kier alpha value is 0.270. The second-order valence-corrected chi connectivity index (χ2v) is 3.57. The zero-order chi connectivity index (χ0) is 8.53. The van der Waals surface area contributed by atoms with E-state index in [2.05, 4.69) is 18.5 Å². The summed E-state index contributed by atoms with van der Waals surface area (Å²) in [5.74, 6) is 1.20. The molecule has 0 amide bonds. The maximum Gasteiger partial charge on any atom is 0.0584 e. The predicted molar refractivity (Wildman–Crippen MR) is 52.2 cm³/mol. The summed E-state index contributed by atoms with van der Waals surface area (Å²) in [6, 6.07) is 0.303. The molecule has 0 radical (unpaired) electrons. The fourth-order valence-corrected chi connectivity index (χ4v) is 1.29. The fourth-order valence-electron chi connectivity index (χ4n) is 0.861. The first-order valence-electron chi connectivity index (χ1n) is 4.18.